The van der Waals surface area contributed by atoms with E-state index in [-0.39, 0.29) is 17.9 Å². The lowest BCUT2D eigenvalue weighted by molar-refractivity contribution is 0.0932. The summed E-state index contributed by atoms with van der Waals surface area (Å²) >= 11 is 1.43. The molecule has 4 heteroatoms. The minimum atomic E-state index is -0.0539. The van der Waals surface area contributed by atoms with E-state index in [0.717, 1.165) is 4.88 Å². The third-order valence-corrected chi connectivity index (χ3v) is 3.13. The zero-order chi connectivity index (χ0) is 11.3. The fourth-order valence-corrected chi connectivity index (χ4v) is 1.85. The molecule has 0 spiro atoms. The van der Waals surface area contributed by atoms with E-state index in [1.165, 1.54) is 11.3 Å². The Hall–Kier alpha value is -0.870. The number of hydrogen-bond donors (Lipinski definition) is 2. The molecule has 3 nitrogen and oxygen atoms in total. The SMILES string of the molecule is CC(C)(CCO)CNC(=O)c1cccs1. The predicted octanol–water partition coefficient (Wildman–Crippen LogP) is 1.89. The smallest absolute Gasteiger partial charge is 0.261 e. The Labute approximate surface area is 94.1 Å². The van der Waals surface area contributed by atoms with Crippen LogP contribution in [0.15, 0.2) is 17.5 Å². The van der Waals surface area contributed by atoms with E-state index >= 15 is 0 Å². The Bertz CT molecular complexity index is 306. The molecular weight excluding hydrogens is 210 g/mol. The van der Waals surface area contributed by atoms with Crippen LogP contribution in [-0.4, -0.2) is 24.2 Å². The number of aliphatic hydroxyl groups is 1. The molecule has 0 aliphatic rings. The van der Waals surface area contributed by atoms with Crippen LogP contribution in [0.3, 0.4) is 0 Å². The summed E-state index contributed by atoms with van der Waals surface area (Å²) in [7, 11) is 0. The van der Waals surface area contributed by atoms with Crippen LogP contribution in [0.5, 0.6) is 0 Å². The lowest BCUT2D eigenvalue weighted by Crippen LogP contribution is -2.34. The lowest BCUT2D eigenvalue weighted by Gasteiger charge is -2.23. The molecule has 2 N–H and O–H groups in total. The van der Waals surface area contributed by atoms with E-state index in [2.05, 4.69) is 5.32 Å². The van der Waals surface area contributed by atoms with Gasteiger partial charge in [0.1, 0.15) is 0 Å². The first-order chi connectivity index (χ1) is 7.05. The van der Waals surface area contributed by atoms with Crippen molar-refractivity contribution in [1.29, 1.82) is 0 Å². The van der Waals surface area contributed by atoms with Crippen molar-refractivity contribution in [3.8, 4) is 0 Å². The van der Waals surface area contributed by atoms with E-state index in [9.17, 15) is 4.79 Å². The Balaban J connectivity index is 2.40. The number of thiophene rings is 1. The molecule has 1 heterocycles. The maximum atomic E-state index is 11.6. The Kier molecular flexibility index (Phi) is 4.29. The summed E-state index contributed by atoms with van der Waals surface area (Å²) in [6, 6.07) is 3.66. The Morgan fingerprint density at radius 1 is 1.60 bits per heavy atom. The number of carbonyl (C=O) groups excluding carboxylic acids is 1. The summed E-state index contributed by atoms with van der Waals surface area (Å²) in [5.74, 6) is -0.0315. The molecule has 0 saturated heterocycles. The van der Waals surface area contributed by atoms with Gasteiger partial charge >= 0.3 is 0 Å². The van der Waals surface area contributed by atoms with Crippen molar-refractivity contribution in [1.82, 2.24) is 5.32 Å². The van der Waals surface area contributed by atoms with Crippen molar-refractivity contribution in [2.24, 2.45) is 5.41 Å². The van der Waals surface area contributed by atoms with Gasteiger partial charge in [-0.3, -0.25) is 4.79 Å². The minimum Gasteiger partial charge on any atom is -0.396 e. The molecule has 1 amide bonds. The molecule has 84 valence electrons. The highest BCUT2D eigenvalue weighted by molar-refractivity contribution is 7.12. The van der Waals surface area contributed by atoms with Crippen LogP contribution in [0.4, 0.5) is 0 Å². The number of carbonyl (C=O) groups is 1. The topological polar surface area (TPSA) is 49.3 Å². The molecule has 0 fully saturated rings. The largest absolute Gasteiger partial charge is 0.396 e. The lowest BCUT2D eigenvalue weighted by atomic mass is 9.90. The van der Waals surface area contributed by atoms with Gasteiger partial charge in [-0.05, 0) is 23.3 Å². The highest BCUT2D eigenvalue weighted by Crippen LogP contribution is 2.18. The standard InChI is InChI=1S/C11H17NO2S/c1-11(2,5-6-13)8-12-10(14)9-4-3-7-15-9/h3-4,7,13H,5-6,8H2,1-2H3,(H,12,14). The van der Waals surface area contributed by atoms with Gasteiger partial charge in [0.05, 0.1) is 4.88 Å². The van der Waals surface area contributed by atoms with Gasteiger partial charge in [0.15, 0.2) is 0 Å². The van der Waals surface area contributed by atoms with E-state index in [0.29, 0.717) is 13.0 Å². The first-order valence-corrected chi connectivity index (χ1v) is 5.86. The summed E-state index contributed by atoms with van der Waals surface area (Å²) in [6.07, 6.45) is 0.692. The van der Waals surface area contributed by atoms with Crippen LogP contribution in [0.25, 0.3) is 0 Å². The number of hydrogen-bond acceptors (Lipinski definition) is 3. The van der Waals surface area contributed by atoms with Gasteiger partial charge in [-0.1, -0.05) is 19.9 Å². The second-order valence-electron chi connectivity index (χ2n) is 4.30. The highest BCUT2D eigenvalue weighted by Gasteiger charge is 2.18. The van der Waals surface area contributed by atoms with Crippen molar-refractivity contribution < 1.29 is 9.90 Å². The normalized spacial score (nSPS) is 11.4. The van der Waals surface area contributed by atoms with Crippen LogP contribution in [0.2, 0.25) is 0 Å². The molecule has 0 aliphatic carbocycles. The number of amides is 1. The van der Waals surface area contributed by atoms with Gasteiger partial charge in [-0.25, -0.2) is 0 Å². The van der Waals surface area contributed by atoms with Crippen LogP contribution in [0, 0.1) is 5.41 Å². The third kappa shape index (κ3) is 4.01. The molecule has 15 heavy (non-hydrogen) atoms. The maximum Gasteiger partial charge on any atom is 0.261 e. The summed E-state index contributed by atoms with van der Waals surface area (Å²) in [5.41, 5.74) is -0.0539. The molecule has 0 saturated carbocycles. The summed E-state index contributed by atoms with van der Waals surface area (Å²) in [4.78, 5) is 12.3. The number of nitrogens with one attached hydrogen (secondary N) is 1. The van der Waals surface area contributed by atoms with Gasteiger partial charge in [0.2, 0.25) is 0 Å². The molecule has 0 atom stereocenters. The number of rotatable bonds is 5. The maximum absolute atomic E-state index is 11.6. The highest BCUT2D eigenvalue weighted by atomic mass is 32.1. The van der Waals surface area contributed by atoms with Crippen LogP contribution < -0.4 is 5.32 Å². The van der Waals surface area contributed by atoms with Gasteiger partial charge in [0, 0.05) is 13.2 Å². The molecule has 0 bridgehead atoms. The fourth-order valence-electron chi connectivity index (χ4n) is 1.21. The molecular formula is C11H17NO2S. The average Bonchev–Trinajstić information content (AvgIpc) is 2.67. The molecule has 1 rings (SSSR count). The van der Waals surface area contributed by atoms with Crippen molar-refractivity contribution in [2.75, 3.05) is 13.2 Å². The van der Waals surface area contributed by atoms with Crippen LogP contribution in [-0.2, 0) is 0 Å². The molecule has 0 unspecified atom stereocenters. The van der Waals surface area contributed by atoms with E-state index in [4.69, 9.17) is 5.11 Å². The second-order valence-corrected chi connectivity index (χ2v) is 5.25. The molecule has 0 aliphatic heterocycles. The van der Waals surface area contributed by atoms with Crippen LogP contribution in [0.1, 0.15) is 29.9 Å². The van der Waals surface area contributed by atoms with Gasteiger partial charge in [-0.2, -0.15) is 0 Å². The first-order valence-electron chi connectivity index (χ1n) is 4.98. The monoisotopic (exact) mass is 227 g/mol. The van der Waals surface area contributed by atoms with Crippen molar-refractivity contribution >= 4 is 17.2 Å². The minimum absolute atomic E-state index is 0.0315. The molecule has 1 aromatic heterocycles. The predicted molar refractivity (Wildman–Crippen MR) is 62.1 cm³/mol. The Morgan fingerprint density at radius 3 is 2.87 bits per heavy atom. The molecule has 1 aromatic rings. The number of aliphatic hydroxyl groups excluding tert-OH is 1. The van der Waals surface area contributed by atoms with Crippen LogP contribution >= 0.6 is 11.3 Å². The van der Waals surface area contributed by atoms with E-state index < -0.39 is 0 Å². The molecule has 0 aromatic carbocycles. The van der Waals surface area contributed by atoms with Gasteiger partial charge in [0.25, 0.3) is 5.91 Å². The van der Waals surface area contributed by atoms with Crippen molar-refractivity contribution in [3.63, 3.8) is 0 Å². The zero-order valence-corrected chi connectivity index (χ0v) is 9.93. The third-order valence-electron chi connectivity index (χ3n) is 2.26. The second kappa shape index (κ2) is 5.28. The summed E-state index contributed by atoms with van der Waals surface area (Å²) in [5, 5.41) is 13.6. The van der Waals surface area contributed by atoms with E-state index in [1.54, 1.807) is 6.07 Å². The van der Waals surface area contributed by atoms with Crippen molar-refractivity contribution in [3.05, 3.63) is 22.4 Å². The molecule has 0 radical (unpaired) electrons. The van der Waals surface area contributed by atoms with E-state index in [1.807, 2.05) is 25.3 Å². The fraction of sp³-hybridized carbons (Fsp3) is 0.545. The zero-order valence-electron chi connectivity index (χ0n) is 9.12. The Morgan fingerprint density at radius 2 is 2.33 bits per heavy atom. The van der Waals surface area contributed by atoms with Gasteiger partial charge < -0.3 is 10.4 Å². The van der Waals surface area contributed by atoms with Gasteiger partial charge in [-0.15, -0.1) is 11.3 Å². The summed E-state index contributed by atoms with van der Waals surface area (Å²) < 4.78 is 0. The average molecular weight is 227 g/mol. The quantitative estimate of drug-likeness (QED) is 0.807. The van der Waals surface area contributed by atoms with Crippen molar-refractivity contribution in [2.45, 2.75) is 20.3 Å². The first kappa shape index (κ1) is 12.2. The summed E-state index contributed by atoms with van der Waals surface area (Å²) in [6.45, 7) is 4.79.